The number of carbonyl (C=O) groups excluding carboxylic acids is 1. The molecule has 2 heterocycles. The number of thiophene rings is 1. The van der Waals surface area contributed by atoms with Crippen LogP contribution in [0.1, 0.15) is 27.2 Å². The van der Waals surface area contributed by atoms with Gasteiger partial charge in [-0.3, -0.25) is 4.79 Å². The van der Waals surface area contributed by atoms with Gasteiger partial charge in [0.1, 0.15) is 0 Å². The van der Waals surface area contributed by atoms with Crippen molar-refractivity contribution in [1.82, 2.24) is 15.0 Å². The number of halogens is 3. The van der Waals surface area contributed by atoms with Gasteiger partial charge in [-0.15, -0.1) is 16.4 Å². The highest BCUT2D eigenvalue weighted by Crippen LogP contribution is 2.21. The summed E-state index contributed by atoms with van der Waals surface area (Å²) in [4.78, 5) is 13.1. The highest BCUT2D eigenvalue weighted by Gasteiger charge is 2.41. The maximum atomic E-state index is 12.2. The zero-order valence-corrected chi connectivity index (χ0v) is 10.8. The smallest absolute Gasteiger partial charge is 0.282 e. The zero-order valence-electron chi connectivity index (χ0n) is 9.94. The second kappa shape index (κ2) is 5.12. The van der Waals surface area contributed by atoms with E-state index >= 15 is 0 Å². The summed E-state index contributed by atoms with van der Waals surface area (Å²) in [6.45, 7) is 2.33. The molecule has 0 saturated heterocycles. The molecule has 8 heteroatoms. The topological polar surface area (TPSA) is 47.8 Å². The molecule has 0 aliphatic rings. The Kier molecular flexibility index (Phi) is 3.70. The van der Waals surface area contributed by atoms with E-state index in [1.54, 1.807) is 11.3 Å². The third kappa shape index (κ3) is 3.19. The van der Waals surface area contributed by atoms with Crippen LogP contribution in [0.15, 0.2) is 18.3 Å². The van der Waals surface area contributed by atoms with Gasteiger partial charge in [-0.05, 0) is 18.6 Å². The molecule has 102 valence electrons. The van der Waals surface area contributed by atoms with Crippen molar-refractivity contribution >= 4 is 17.1 Å². The van der Waals surface area contributed by atoms with Crippen LogP contribution in [0.5, 0.6) is 0 Å². The van der Waals surface area contributed by atoms with Gasteiger partial charge in [0.15, 0.2) is 5.69 Å². The van der Waals surface area contributed by atoms with E-state index in [0.717, 1.165) is 17.5 Å². The maximum Gasteiger partial charge on any atom is 0.456 e. The number of ketones is 1. The van der Waals surface area contributed by atoms with E-state index in [-0.39, 0.29) is 0 Å². The van der Waals surface area contributed by atoms with Gasteiger partial charge < -0.3 is 0 Å². The lowest BCUT2D eigenvalue weighted by Crippen LogP contribution is -2.23. The summed E-state index contributed by atoms with van der Waals surface area (Å²) in [7, 11) is 0. The molecule has 4 nitrogen and oxygen atoms in total. The average molecular weight is 289 g/mol. The molecule has 0 spiro atoms. The number of alkyl halides is 3. The molecule has 2 rings (SSSR count). The first kappa shape index (κ1) is 13.7. The third-order valence-corrected chi connectivity index (χ3v) is 3.63. The average Bonchev–Trinajstić information content (AvgIpc) is 2.96. The fourth-order valence-electron chi connectivity index (χ4n) is 1.48. The molecular formula is C11H10F3N3OS. The summed E-state index contributed by atoms with van der Waals surface area (Å²) in [5, 5.41) is 6.79. The van der Waals surface area contributed by atoms with Gasteiger partial charge in [0.05, 0.1) is 12.7 Å². The van der Waals surface area contributed by atoms with Crippen molar-refractivity contribution in [2.45, 2.75) is 26.1 Å². The van der Waals surface area contributed by atoms with Crippen LogP contribution in [0.2, 0.25) is 0 Å². The van der Waals surface area contributed by atoms with Crippen LogP contribution >= 0.6 is 11.3 Å². The van der Waals surface area contributed by atoms with Gasteiger partial charge in [-0.1, -0.05) is 12.1 Å². The van der Waals surface area contributed by atoms with Crippen LogP contribution in [0.25, 0.3) is 0 Å². The summed E-state index contributed by atoms with van der Waals surface area (Å²) in [6, 6.07) is 3.84. The molecule has 19 heavy (non-hydrogen) atoms. The van der Waals surface area contributed by atoms with Gasteiger partial charge in [-0.2, -0.15) is 13.2 Å². The van der Waals surface area contributed by atoms with E-state index in [1.807, 2.05) is 19.1 Å². The first-order valence-corrected chi connectivity index (χ1v) is 6.31. The molecule has 2 aromatic rings. The molecule has 0 N–H and O–H groups in total. The summed E-state index contributed by atoms with van der Waals surface area (Å²) in [5.74, 6) is -1.97. The predicted octanol–water partition coefficient (Wildman–Crippen LogP) is 2.70. The van der Waals surface area contributed by atoms with Crippen molar-refractivity contribution in [3.05, 3.63) is 33.8 Å². The minimum absolute atomic E-state index is 0.308. The van der Waals surface area contributed by atoms with Gasteiger partial charge >= 0.3 is 6.18 Å². The number of rotatable bonds is 4. The van der Waals surface area contributed by atoms with Crippen molar-refractivity contribution in [1.29, 1.82) is 0 Å². The fraction of sp³-hybridized carbons (Fsp3) is 0.364. The van der Waals surface area contributed by atoms with Crippen molar-refractivity contribution in [2.75, 3.05) is 0 Å². The zero-order chi connectivity index (χ0) is 14.0. The molecule has 0 saturated carbocycles. The summed E-state index contributed by atoms with van der Waals surface area (Å²) in [6.07, 6.45) is -3.00. The van der Waals surface area contributed by atoms with E-state index < -0.39 is 17.7 Å². The van der Waals surface area contributed by atoms with E-state index in [2.05, 4.69) is 10.3 Å². The first-order valence-electron chi connectivity index (χ1n) is 5.49. The van der Waals surface area contributed by atoms with Crippen LogP contribution in [-0.4, -0.2) is 27.0 Å². The van der Waals surface area contributed by atoms with Crippen LogP contribution in [0, 0.1) is 0 Å². The molecule has 0 aliphatic heterocycles. The second-order valence-corrected chi connectivity index (χ2v) is 5.10. The highest BCUT2D eigenvalue weighted by atomic mass is 32.1. The number of nitrogens with zero attached hydrogens (tertiary/aromatic N) is 3. The Labute approximate surface area is 110 Å². The Balaban J connectivity index is 2.11. The largest absolute Gasteiger partial charge is 0.456 e. The Morgan fingerprint density at radius 2 is 2.05 bits per heavy atom. The molecular weight excluding hydrogens is 279 g/mol. The Morgan fingerprint density at radius 1 is 1.37 bits per heavy atom. The number of hydrogen-bond donors (Lipinski definition) is 0. The minimum Gasteiger partial charge on any atom is -0.282 e. The molecule has 0 fully saturated rings. The van der Waals surface area contributed by atoms with E-state index in [1.165, 1.54) is 9.56 Å². The lowest BCUT2D eigenvalue weighted by molar-refractivity contribution is -0.0888. The van der Waals surface area contributed by atoms with E-state index in [0.29, 0.717) is 6.54 Å². The molecule has 0 radical (unpaired) electrons. The predicted molar refractivity (Wildman–Crippen MR) is 63.2 cm³/mol. The SMILES string of the molecule is CCc1ccc(Cn2cc(C(=O)C(F)(F)F)nn2)s1. The Bertz CT molecular complexity index is 588. The quantitative estimate of drug-likeness (QED) is 0.813. The Morgan fingerprint density at radius 3 is 2.63 bits per heavy atom. The molecule has 0 aromatic carbocycles. The van der Waals surface area contributed by atoms with Crippen LogP contribution in [0.4, 0.5) is 13.2 Å². The van der Waals surface area contributed by atoms with Gasteiger partial charge in [-0.25, -0.2) is 4.68 Å². The fourth-order valence-corrected chi connectivity index (χ4v) is 2.43. The highest BCUT2D eigenvalue weighted by molar-refractivity contribution is 7.11. The number of carbonyl (C=O) groups is 1. The van der Waals surface area contributed by atoms with Crippen molar-refractivity contribution in [3.63, 3.8) is 0 Å². The number of Topliss-reactive ketones (excluding diaryl/α,β-unsaturated/α-hetero) is 1. The third-order valence-electron chi connectivity index (χ3n) is 2.41. The van der Waals surface area contributed by atoms with Crippen LogP contribution in [0.3, 0.4) is 0 Å². The lowest BCUT2D eigenvalue weighted by Gasteiger charge is -2.00. The van der Waals surface area contributed by atoms with Crippen molar-refractivity contribution in [3.8, 4) is 0 Å². The van der Waals surface area contributed by atoms with Crippen LogP contribution in [-0.2, 0) is 13.0 Å². The summed E-state index contributed by atoms with van der Waals surface area (Å²) >= 11 is 1.56. The first-order chi connectivity index (χ1) is 8.90. The molecule has 0 aliphatic carbocycles. The number of aromatic nitrogens is 3. The van der Waals surface area contributed by atoms with Crippen LogP contribution < -0.4 is 0 Å². The summed E-state index contributed by atoms with van der Waals surface area (Å²) in [5.41, 5.74) is -0.681. The Hall–Kier alpha value is -1.70. The van der Waals surface area contributed by atoms with E-state index in [9.17, 15) is 18.0 Å². The monoisotopic (exact) mass is 289 g/mol. The number of hydrogen-bond acceptors (Lipinski definition) is 4. The maximum absolute atomic E-state index is 12.2. The second-order valence-electron chi connectivity index (χ2n) is 3.85. The minimum atomic E-state index is -4.92. The standard InChI is InChI=1S/C11H10F3N3OS/c1-2-7-3-4-8(19-7)5-17-6-9(15-16-17)10(18)11(12,13)14/h3-4,6H,2,5H2,1H3. The molecule has 0 bridgehead atoms. The molecule has 2 aromatic heterocycles. The van der Waals surface area contributed by atoms with Gasteiger partial charge in [0.2, 0.25) is 0 Å². The van der Waals surface area contributed by atoms with Crippen molar-refractivity contribution in [2.24, 2.45) is 0 Å². The summed E-state index contributed by atoms with van der Waals surface area (Å²) < 4.78 is 37.8. The molecule has 0 unspecified atom stereocenters. The van der Waals surface area contributed by atoms with Crippen molar-refractivity contribution < 1.29 is 18.0 Å². The lowest BCUT2D eigenvalue weighted by atomic mass is 10.3. The normalized spacial score (nSPS) is 11.8. The molecule has 0 atom stereocenters. The van der Waals surface area contributed by atoms with Gasteiger partial charge in [0, 0.05) is 9.75 Å². The number of aryl methyl sites for hydroxylation is 1. The molecule has 0 amide bonds. The van der Waals surface area contributed by atoms with Gasteiger partial charge in [0.25, 0.3) is 5.78 Å². The van der Waals surface area contributed by atoms with E-state index in [4.69, 9.17) is 0 Å².